The summed E-state index contributed by atoms with van der Waals surface area (Å²) in [7, 11) is 0. The van der Waals surface area contributed by atoms with E-state index < -0.39 is 11.7 Å². The number of halogens is 3. The van der Waals surface area contributed by atoms with Crippen molar-refractivity contribution in [2.75, 3.05) is 6.61 Å². The summed E-state index contributed by atoms with van der Waals surface area (Å²) in [4.78, 5) is 11.6. The van der Waals surface area contributed by atoms with Gasteiger partial charge in [-0.2, -0.15) is 5.10 Å². The number of nitrogens with one attached hydrogen (secondary N) is 1. The normalized spacial score (nSPS) is 10.8. The van der Waals surface area contributed by atoms with Gasteiger partial charge in [0.15, 0.2) is 6.61 Å². The zero-order chi connectivity index (χ0) is 16.8. The lowest BCUT2D eigenvalue weighted by Gasteiger charge is -2.06. The number of aryl methyl sites for hydroxylation is 1. The van der Waals surface area contributed by atoms with Gasteiger partial charge in [0.2, 0.25) is 0 Å². The summed E-state index contributed by atoms with van der Waals surface area (Å²) in [6.45, 7) is 1.60. The molecule has 120 valence electrons. The number of ether oxygens (including phenoxy) is 1. The summed E-state index contributed by atoms with van der Waals surface area (Å²) >= 11 is 11.7. The fourth-order valence-corrected chi connectivity index (χ4v) is 2.02. The highest BCUT2D eigenvalue weighted by Crippen LogP contribution is 2.21. The SMILES string of the molecule is Cc1cc(OCC(=O)N/N=C\c2c(F)cccc2Cl)ccc1Cl. The molecule has 1 amide bonds. The molecule has 0 aliphatic carbocycles. The quantitative estimate of drug-likeness (QED) is 0.652. The van der Waals surface area contributed by atoms with Crippen LogP contribution in [0.3, 0.4) is 0 Å². The number of nitrogens with zero attached hydrogens (tertiary/aromatic N) is 1. The van der Waals surface area contributed by atoms with Crippen molar-refractivity contribution in [1.29, 1.82) is 0 Å². The van der Waals surface area contributed by atoms with Crippen LogP contribution >= 0.6 is 23.2 Å². The minimum absolute atomic E-state index is 0.101. The average molecular weight is 355 g/mol. The molecule has 0 bridgehead atoms. The van der Waals surface area contributed by atoms with Gasteiger partial charge in [-0.05, 0) is 42.8 Å². The number of hydrogen-bond acceptors (Lipinski definition) is 3. The molecule has 0 aromatic heterocycles. The molecule has 0 fully saturated rings. The molecule has 4 nitrogen and oxygen atoms in total. The van der Waals surface area contributed by atoms with Crippen molar-refractivity contribution in [1.82, 2.24) is 5.43 Å². The smallest absolute Gasteiger partial charge is 0.277 e. The minimum atomic E-state index is -0.525. The second-order valence-electron chi connectivity index (χ2n) is 4.63. The molecule has 2 aromatic rings. The van der Waals surface area contributed by atoms with Crippen molar-refractivity contribution < 1.29 is 13.9 Å². The molecule has 2 aromatic carbocycles. The summed E-state index contributed by atoms with van der Waals surface area (Å²) in [5.74, 6) is -0.493. The van der Waals surface area contributed by atoms with E-state index in [9.17, 15) is 9.18 Å². The van der Waals surface area contributed by atoms with E-state index in [4.69, 9.17) is 27.9 Å². The van der Waals surface area contributed by atoms with Gasteiger partial charge < -0.3 is 4.74 Å². The molecule has 0 saturated carbocycles. The lowest BCUT2D eigenvalue weighted by atomic mass is 10.2. The molecule has 0 aliphatic heterocycles. The van der Waals surface area contributed by atoms with Crippen molar-refractivity contribution in [3.63, 3.8) is 0 Å². The second-order valence-corrected chi connectivity index (χ2v) is 5.44. The number of carbonyl (C=O) groups is 1. The Kier molecular flexibility index (Phi) is 5.96. The van der Waals surface area contributed by atoms with Gasteiger partial charge in [0.25, 0.3) is 5.91 Å². The summed E-state index contributed by atoms with van der Waals surface area (Å²) in [5.41, 5.74) is 3.18. The standard InChI is InChI=1S/C16H13Cl2FN2O2/c1-10-7-11(5-6-13(10)17)23-9-16(22)21-20-8-12-14(18)3-2-4-15(12)19/h2-8H,9H2,1H3,(H,21,22)/b20-8-. The van der Waals surface area contributed by atoms with Gasteiger partial charge in [-0.15, -0.1) is 0 Å². The topological polar surface area (TPSA) is 50.7 Å². The van der Waals surface area contributed by atoms with Crippen molar-refractivity contribution in [3.8, 4) is 5.75 Å². The number of hydrogen-bond donors (Lipinski definition) is 1. The molecule has 0 radical (unpaired) electrons. The maximum Gasteiger partial charge on any atom is 0.277 e. The third-order valence-corrected chi connectivity index (χ3v) is 3.64. The molecule has 0 atom stereocenters. The van der Waals surface area contributed by atoms with Gasteiger partial charge in [-0.1, -0.05) is 29.3 Å². The number of hydrazone groups is 1. The van der Waals surface area contributed by atoms with Crippen LogP contribution in [-0.4, -0.2) is 18.7 Å². The number of benzene rings is 2. The summed E-state index contributed by atoms with van der Waals surface area (Å²) in [6.07, 6.45) is 1.14. The second kappa shape index (κ2) is 7.94. The van der Waals surface area contributed by atoms with Crippen LogP contribution in [0.25, 0.3) is 0 Å². The fourth-order valence-electron chi connectivity index (χ4n) is 1.69. The van der Waals surface area contributed by atoms with E-state index in [1.807, 2.05) is 6.92 Å². The first-order valence-electron chi connectivity index (χ1n) is 6.62. The van der Waals surface area contributed by atoms with Gasteiger partial charge >= 0.3 is 0 Å². The van der Waals surface area contributed by atoms with E-state index in [-0.39, 0.29) is 17.2 Å². The van der Waals surface area contributed by atoms with Crippen LogP contribution in [0.5, 0.6) is 5.75 Å². The molecule has 0 heterocycles. The molecule has 0 aliphatic rings. The Labute approximate surface area is 142 Å². The molecular weight excluding hydrogens is 342 g/mol. The Morgan fingerprint density at radius 3 is 2.78 bits per heavy atom. The summed E-state index contributed by atoms with van der Waals surface area (Å²) < 4.78 is 18.8. The van der Waals surface area contributed by atoms with Crippen LogP contribution in [-0.2, 0) is 4.79 Å². The van der Waals surface area contributed by atoms with E-state index in [1.165, 1.54) is 18.2 Å². The molecule has 0 unspecified atom stereocenters. The first kappa shape index (κ1) is 17.2. The summed E-state index contributed by atoms with van der Waals surface area (Å²) in [6, 6.07) is 9.32. The zero-order valence-corrected chi connectivity index (χ0v) is 13.7. The maximum atomic E-state index is 13.5. The van der Waals surface area contributed by atoms with Crippen LogP contribution < -0.4 is 10.2 Å². The average Bonchev–Trinajstić information content (AvgIpc) is 2.51. The van der Waals surface area contributed by atoms with Crippen molar-refractivity contribution >= 4 is 35.3 Å². The van der Waals surface area contributed by atoms with Crippen molar-refractivity contribution in [2.24, 2.45) is 5.10 Å². The van der Waals surface area contributed by atoms with Crippen LogP contribution in [0.15, 0.2) is 41.5 Å². The predicted octanol–water partition coefficient (Wildman–Crippen LogP) is 3.97. The fraction of sp³-hybridized carbons (Fsp3) is 0.125. The number of carbonyl (C=O) groups excluding carboxylic acids is 1. The van der Waals surface area contributed by atoms with Gasteiger partial charge in [0, 0.05) is 10.6 Å². The van der Waals surface area contributed by atoms with Gasteiger partial charge in [0.1, 0.15) is 11.6 Å². The lowest BCUT2D eigenvalue weighted by molar-refractivity contribution is -0.123. The van der Waals surface area contributed by atoms with E-state index in [0.29, 0.717) is 10.8 Å². The Bertz CT molecular complexity index is 731. The zero-order valence-electron chi connectivity index (χ0n) is 12.1. The summed E-state index contributed by atoms with van der Waals surface area (Å²) in [5, 5.41) is 4.48. The van der Waals surface area contributed by atoms with E-state index in [0.717, 1.165) is 11.8 Å². The Hall–Kier alpha value is -2.11. The Balaban J connectivity index is 1.87. The Morgan fingerprint density at radius 2 is 2.09 bits per heavy atom. The molecule has 23 heavy (non-hydrogen) atoms. The molecule has 1 N–H and O–H groups in total. The van der Waals surface area contributed by atoms with Gasteiger partial charge in [-0.25, -0.2) is 9.82 Å². The van der Waals surface area contributed by atoms with Gasteiger partial charge in [-0.3, -0.25) is 4.79 Å². The minimum Gasteiger partial charge on any atom is -0.484 e. The lowest BCUT2D eigenvalue weighted by Crippen LogP contribution is -2.24. The van der Waals surface area contributed by atoms with Gasteiger partial charge in [0.05, 0.1) is 11.2 Å². The number of amides is 1. The highest BCUT2D eigenvalue weighted by Gasteiger charge is 2.05. The largest absolute Gasteiger partial charge is 0.484 e. The van der Waals surface area contributed by atoms with Crippen molar-refractivity contribution in [3.05, 3.63) is 63.4 Å². The third kappa shape index (κ3) is 4.94. The van der Waals surface area contributed by atoms with E-state index in [1.54, 1.807) is 18.2 Å². The third-order valence-electron chi connectivity index (χ3n) is 2.88. The first-order chi connectivity index (χ1) is 11.0. The maximum absolute atomic E-state index is 13.5. The highest BCUT2D eigenvalue weighted by molar-refractivity contribution is 6.33. The van der Waals surface area contributed by atoms with E-state index >= 15 is 0 Å². The molecular formula is C16H13Cl2FN2O2. The highest BCUT2D eigenvalue weighted by atomic mass is 35.5. The van der Waals surface area contributed by atoms with Crippen LogP contribution in [0.1, 0.15) is 11.1 Å². The predicted molar refractivity (Wildman–Crippen MR) is 88.8 cm³/mol. The van der Waals surface area contributed by atoms with Crippen LogP contribution in [0.2, 0.25) is 10.0 Å². The van der Waals surface area contributed by atoms with Crippen molar-refractivity contribution in [2.45, 2.75) is 6.92 Å². The number of rotatable bonds is 5. The van der Waals surface area contributed by atoms with Crippen LogP contribution in [0, 0.1) is 12.7 Å². The molecule has 0 spiro atoms. The molecule has 2 rings (SSSR count). The van der Waals surface area contributed by atoms with E-state index in [2.05, 4.69) is 10.5 Å². The Morgan fingerprint density at radius 1 is 1.30 bits per heavy atom. The monoisotopic (exact) mass is 354 g/mol. The van der Waals surface area contributed by atoms with Crippen LogP contribution in [0.4, 0.5) is 4.39 Å². The molecule has 7 heteroatoms. The first-order valence-corrected chi connectivity index (χ1v) is 7.38. The molecule has 0 saturated heterocycles.